The lowest BCUT2D eigenvalue weighted by molar-refractivity contribution is -0.112. The lowest BCUT2D eigenvalue weighted by Crippen LogP contribution is -2.13. The molecule has 1 saturated carbocycles. The zero-order valence-corrected chi connectivity index (χ0v) is 15.3. The Kier molecular flexibility index (Phi) is 6.69. The van der Waals surface area contributed by atoms with Gasteiger partial charge in [0.05, 0.1) is 0 Å². The largest absolute Gasteiger partial charge is 0.434 e. The van der Waals surface area contributed by atoms with Crippen molar-refractivity contribution >= 4 is 17.9 Å². The summed E-state index contributed by atoms with van der Waals surface area (Å²) in [7, 11) is 0. The summed E-state index contributed by atoms with van der Waals surface area (Å²) in [6, 6.07) is 12.4. The maximum Gasteiger partial charge on any atom is 0.387 e. The van der Waals surface area contributed by atoms with Gasteiger partial charge in [-0.3, -0.25) is 4.79 Å². The quantitative estimate of drug-likeness (QED) is 0.429. The molecule has 2 aromatic rings. The molecule has 1 aliphatic rings. The van der Waals surface area contributed by atoms with Crippen LogP contribution < -0.4 is 9.47 Å². The van der Waals surface area contributed by atoms with Crippen molar-refractivity contribution in [1.82, 2.24) is 0 Å². The van der Waals surface area contributed by atoms with E-state index in [1.54, 1.807) is 36.4 Å². The molecule has 1 fully saturated rings. The first-order valence-corrected chi connectivity index (χ1v) is 8.97. The summed E-state index contributed by atoms with van der Waals surface area (Å²) in [6.07, 6.45) is 4.70. The third kappa shape index (κ3) is 5.47. The van der Waals surface area contributed by atoms with Gasteiger partial charge in [-0.1, -0.05) is 36.4 Å². The molecule has 0 spiro atoms. The van der Waals surface area contributed by atoms with E-state index in [2.05, 4.69) is 9.47 Å². The number of benzene rings is 2. The zero-order chi connectivity index (χ0) is 20.8. The molecule has 0 atom stereocenters. The molecule has 152 valence electrons. The van der Waals surface area contributed by atoms with Gasteiger partial charge in [0.15, 0.2) is 5.78 Å². The normalized spacial score (nSPS) is 17.4. The molecule has 2 aromatic carbocycles. The van der Waals surface area contributed by atoms with Crippen LogP contribution in [0.5, 0.6) is 11.5 Å². The highest BCUT2D eigenvalue weighted by Gasteiger charge is 2.22. The average molecular weight is 406 g/mol. The van der Waals surface area contributed by atoms with Gasteiger partial charge in [0.2, 0.25) is 0 Å². The first-order valence-electron chi connectivity index (χ1n) is 8.97. The molecule has 0 amide bonds. The van der Waals surface area contributed by atoms with Crippen LogP contribution in [-0.2, 0) is 4.79 Å². The van der Waals surface area contributed by atoms with Crippen molar-refractivity contribution in [2.45, 2.75) is 32.5 Å². The highest BCUT2D eigenvalue weighted by Crippen LogP contribution is 2.32. The minimum absolute atomic E-state index is 0.0189. The van der Waals surface area contributed by atoms with E-state index in [0.717, 1.165) is 0 Å². The van der Waals surface area contributed by atoms with E-state index in [0.29, 0.717) is 41.5 Å². The lowest BCUT2D eigenvalue weighted by atomic mass is 9.86. The molecule has 29 heavy (non-hydrogen) atoms. The van der Waals surface area contributed by atoms with E-state index in [1.807, 2.05) is 0 Å². The Bertz CT molecular complexity index is 862. The van der Waals surface area contributed by atoms with Crippen molar-refractivity contribution in [2.75, 3.05) is 0 Å². The predicted octanol–water partition coefficient (Wildman–Crippen LogP) is 6.11. The number of hydrogen-bond donors (Lipinski definition) is 0. The molecule has 3 rings (SSSR count). The van der Waals surface area contributed by atoms with Crippen LogP contribution in [-0.4, -0.2) is 19.0 Å². The van der Waals surface area contributed by atoms with E-state index < -0.39 is 13.2 Å². The zero-order valence-electron chi connectivity index (χ0n) is 15.3. The lowest BCUT2D eigenvalue weighted by Gasteiger charge is -2.18. The average Bonchev–Trinajstić information content (AvgIpc) is 2.67. The number of hydrogen-bond acceptors (Lipinski definition) is 3. The maximum absolute atomic E-state index is 12.9. The first-order chi connectivity index (χ1) is 13.9. The molecule has 0 saturated heterocycles. The van der Waals surface area contributed by atoms with E-state index in [1.165, 1.54) is 24.3 Å². The number of ether oxygens (including phenoxy) is 2. The monoisotopic (exact) mass is 406 g/mol. The number of para-hydroxylation sites is 2. The van der Waals surface area contributed by atoms with Gasteiger partial charge < -0.3 is 9.47 Å². The van der Waals surface area contributed by atoms with E-state index >= 15 is 0 Å². The summed E-state index contributed by atoms with van der Waals surface area (Å²) >= 11 is 0. The summed E-state index contributed by atoms with van der Waals surface area (Å²) in [5.41, 5.74) is 1.64. The first kappa shape index (κ1) is 20.6. The smallest absolute Gasteiger partial charge is 0.387 e. The molecule has 3 nitrogen and oxygen atoms in total. The van der Waals surface area contributed by atoms with Gasteiger partial charge in [-0.15, -0.1) is 0 Å². The van der Waals surface area contributed by atoms with Crippen molar-refractivity contribution in [2.24, 2.45) is 0 Å². The Morgan fingerprint density at radius 1 is 0.724 bits per heavy atom. The van der Waals surface area contributed by atoms with Gasteiger partial charge in [-0.2, -0.15) is 17.6 Å². The second kappa shape index (κ2) is 9.41. The standard InChI is InChI=1S/C22H18F4O3/c23-21(24)28-18-10-3-1-6-14(18)12-16-8-5-9-17(20(16)27)13-15-7-2-4-11-19(15)29-22(25)26/h1-4,6-7,10-13,21-22H,5,8-9H2/b16-12-,17-13-. The second-order valence-electron chi connectivity index (χ2n) is 6.35. The molecule has 0 unspecified atom stereocenters. The van der Waals surface area contributed by atoms with Gasteiger partial charge >= 0.3 is 13.2 Å². The van der Waals surface area contributed by atoms with Crippen molar-refractivity contribution in [3.05, 3.63) is 70.8 Å². The highest BCUT2D eigenvalue weighted by atomic mass is 19.3. The van der Waals surface area contributed by atoms with E-state index in [9.17, 15) is 22.4 Å². The van der Waals surface area contributed by atoms with Gasteiger partial charge in [0.1, 0.15) is 11.5 Å². The number of ketones is 1. The molecule has 0 bridgehead atoms. The highest BCUT2D eigenvalue weighted by molar-refractivity contribution is 6.14. The third-order valence-corrected chi connectivity index (χ3v) is 4.41. The van der Waals surface area contributed by atoms with Crippen LogP contribution in [0.2, 0.25) is 0 Å². The number of halogens is 4. The summed E-state index contributed by atoms with van der Waals surface area (Å²) < 4.78 is 59.4. The molecule has 0 aromatic heterocycles. The number of alkyl halides is 4. The molecule has 1 aliphatic carbocycles. The molecule has 0 N–H and O–H groups in total. The topological polar surface area (TPSA) is 35.5 Å². The van der Waals surface area contributed by atoms with Crippen LogP contribution in [0.25, 0.3) is 12.2 Å². The van der Waals surface area contributed by atoms with Crippen LogP contribution in [0.3, 0.4) is 0 Å². The molecular weight excluding hydrogens is 388 g/mol. The number of carbonyl (C=O) groups excluding carboxylic acids is 1. The Hall–Kier alpha value is -3.09. The number of allylic oxidation sites excluding steroid dienone is 2. The van der Waals surface area contributed by atoms with Crippen LogP contribution in [0.15, 0.2) is 59.7 Å². The molecule has 0 heterocycles. The fraction of sp³-hybridized carbons (Fsp3) is 0.227. The molecular formula is C22H18F4O3. The molecule has 0 aliphatic heterocycles. The van der Waals surface area contributed by atoms with Crippen molar-refractivity contribution in [3.63, 3.8) is 0 Å². The SMILES string of the molecule is O=C1/C(=C\c2ccccc2OC(F)F)CCC/C1=C/c1ccccc1OC(F)F. The van der Waals surface area contributed by atoms with Crippen molar-refractivity contribution in [3.8, 4) is 11.5 Å². The van der Waals surface area contributed by atoms with Crippen LogP contribution in [0.1, 0.15) is 30.4 Å². The Labute approximate surface area is 165 Å². The van der Waals surface area contributed by atoms with Gasteiger partial charge in [0.25, 0.3) is 0 Å². The van der Waals surface area contributed by atoms with Gasteiger partial charge in [0, 0.05) is 22.3 Å². The van der Waals surface area contributed by atoms with Crippen molar-refractivity contribution < 1.29 is 31.8 Å². The van der Waals surface area contributed by atoms with Gasteiger partial charge in [-0.05, 0) is 43.5 Å². The summed E-state index contributed by atoms with van der Waals surface area (Å²) in [5.74, 6) is -0.292. The fourth-order valence-corrected chi connectivity index (χ4v) is 3.16. The third-order valence-electron chi connectivity index (χ3n) is 4.41. The number of rotatable bonds is 6. The summed E-state index contributed by atoms with van der Waals surface area (Å²) in [6.45, 7) is -5.95. The summed E-state index contributed by atoms with van der Waals surface area (Å²) in [5, 5.41) is 0. The molecule has 7 heteroatoms. The number of carbonyl (C=O) groups is 1. The minimum atomic E-state index is -2.97. The van der Waals surface area contributed by atoms with E-state index in [4.69, 9.17) is 0 Å². The minimum Gasteiger partial charge on any atom is -0.434 e. The fourth-order valence-electron chi connectivity index (χ4n) is 3.16. The Morgan fingerprint density at radius 3 is 1.55 bits per heavy atom. The van der Waals surface area contributed by atoms with E-state index in [-0.39, 0.29) is 17.3 Å². The number of Topliss-reactive ketones (excluding diaryl/α,β-unsaturated/α-hetero) is 1. The Morgan fingerprint density at radius 2 is 1.14 bits per heavy atom. The van der Waals surface area contributed by atoms with Crippen molar-refractivity contribution in [1.29, 1.82) is 0 Å². The summed E-state index contributed by atoms with van der Waals surface area (Å²) in [4.78, 5) is 12.9. The van der Waals surface area contributed by atoms with Gasteiger partial charge in [-0.25, -0.2) is 0 Å². The Balaban J connectivity index is 1.90. The molecule has 0 radical (unpaired) electrons. The van der Waals surface area contributed by atoms with Crippen LogP contribution in [0, 0.1) is 0 Å². The van der Waals surface area contributed by atoms with Crippen LogP contribution in [0.4, 0.5) is 17.6 Å². The maximum atomic E-state index is 12.9. The second-order valence-corrected chi connectivity index (χ2v) is 6.35. The van der Waals surface area contributed by atoms with Crippen LogP contribution >= 0.6 is 0 Å². The predicted molar refractivity (Wildman–Crippen MR) is 101 cm³/mol.